The monoisotopic (exact) mass is 1370 g/mol. The number of hydrogen-bond donors (Lipinski definition) is 17. The number of carbonyl (C=O) groups excluding carboxylic acids is 1. The van der Waals surface area contributed by atoms with Crippen LogP contribution in [0.1, 0.15) is 127 Å². The van der Waals surface area contributed by atoms with Gasteiger partial charge in [-0.1, -0.05) is 60.1 Å². The second-order valence-electron chi connectivity index (χ2n) is 31.5. The zero-order valence-electron chi connectivity index (χ0n) is 55.4. The van der Waals surface area contributed by atoms with Crippen molar-refractivity contribution < 1.29 is 148 Å². The fourth-order valence-corrected chi connectivity index (χ4v) is 18.9. The third-order valence-electron chi connectivity index (χ3n) is 25.1. The topological polar surface area (TPSA) is 472 Å². The van der Waals surface area contributed by atoms with Crippen molar-refractivity contribution in [2.24, 2.45) is 50.2 Å². The summed E-state index contributed by atoms with van der Waals surface area (Å²) < 4.78 is 71.3. The van der Waals surface area contributed by atoms with Gasteiger partial charge in [0.25, 0.3) is 0 Å². The molecule has 4 saturated carbocycles. The van der Waals surface area contributed by atoms with E-state index >= 15 is 4.79 Å². The number of fused-ring (bicyclic) bond motifs is 7. The molecule has 0 aromatic rings. The zero-order valence-corrected chi connectivity index (χ0v) is 55.4. The average molecular weight is 1370 g/mol. The molecule has 0 aromatic heterocycles. The molecule has 0 aromatic carbocycles. The molecule has 5 aliphatic carbocycles. The molecular weight excluding hydrogens is 1260 g/mol. The molecule has 30 heteroatoms. The number of allylic oxidation sites excluding steroid dienone is 2. The first-order chi connectivity index (χ1) is 44.5. The highest BCUT2D eigenvalue weighted by Gasteiger charge is 2.70. The minimum atomic E-state index is -1.91. The standard InChI is InChI=1S/C65H106O30/c1-25-36(68)41(73)46(78)53(87-25)85-23-31-39(71)43(75)48(80)56(90-31)94-52-38(70)29(67)22-84-58(52)92-35-13-14-62(7)33(61(35,5)6)12-15-64(9)34(62)11-10-27-28-20-60(3,4)16-18-65(28,19-17-63(27,64)8)59(83)95-57-49(81)44(76)40(72)32(91-57)24-86-54-50(82)45(77)51(30(21-66)89-54)93-55-47(79)42(74)37(69)26(2)88-55/h10,25-26,28-58,66-82H,11-24H2,1-9H3/t25-,26+,28?,29-,30-,31-,32-,33?,34?,35+,36-,37+,38-,39-,40-,41-,42+,43-,44-,45+,46-,47+,48-,49-,50-,51-,52-,53-,54-,55-,56+,57+,58+,62+,63?,64-,65+/m1/s1. The third-order valence-corrected chi connectivity index (χ3v) is 25.1. The van der Waals surface area contributed by atoms with Gasteiger partial charge in [-0.05, 0) is 123 Å². The number of hydrogen-bond acceptors (Lipinski definition) is 30. The van der Waals surface area contributed by atoms with E-state index in [2.05, 4.69) is 54.5 Å². The fraction of sp³-hybridized carbons (Fsp3) is 0.954. The number of esters is 1. The quantitative estimate of drug-likeness (QED) is 0.0426. The Balaban J connectivity index is 0.756. The summed E-state index contributed by atoms with van der Waals surface area (Å²) in [5.41, 5.74) is -1.51. The van der Waals surface area contributed by atoms with Crippen LogP contribution in [0.3, 0.4) is 0 Å². The Morgan fingerprint density at radius 3 is 1.61 bits per heavy atom. The largest absolute Gasteiger partial charge is 0.432 e. The van der Waals surface area contributed by atoms with Crippen LogP contribution in [-0.4, -0.2) is 303 Å². The minimum absolute atomic E-state index is 0.0894. The lowest BCUT2D eigenvalue weighted by molar-refractivity contribution is -0.371. The summed E-state index contributed by atoms with van der Waals surface area (Å²) in [5.74, 6) is -0.659. The number of carbonyl (C=O) groups is 1. The van der Waals surface area contributed by atoms with Crippen molar-refractivity contribution in [1.29, 1.82) is 0 Å². The molecule has 10 fully saturated rings. The molecule has 0 spiro atoms. The van der Waals surface area contributed by atoms with Crippen molar-refractivity contribution in [2.45, 2.75) is 311 Å². The Morgan fingerprint density at radius 1 is 0.495 bits per heavy atom. The van der Waals surface area contributed by atoms with Gasteiger partial charge in [0.1, 0.15) is 128 Å². The van der Waals surface area contributed by atoms with Crippen molar-refractivity contribution in [3.8, 4) is 0 Å². The molecule has 0 radical (unpaired) electrons. The molecule has 0 bridgehead atoms. The van der Waals surface area contributed by atoms with Crippen LogP contribution in [0.5, 0.6) is 0 Å². The predicted octanol–water partition coefficient (Wildman–Crippen LogP) is -3.69. The molecule has 17 N–H and O–H groups in total. The minimum Gasteiger partial charge on any atom is -0.432 e. The summed E-state index contributed by atoms with van der Waals surface area (Å²) in [6, 6.07) is 0. The van der Waals surface area contributed by atoms with Crippen LogP contribution in [0.25, 0.3) is 0 Å². The van der Waals surface area contributed by atoms with Gasteiger partial charge in [0.15, 0.2) is 31.5 Å². The van der Waals surface area contributed by atoms with E-state index in [0.29, 0.717) is 44.9 Å². The summed E-state index contributed by atoms with van der Waals surface area (Å²) in [6.07, 6.45) is -38.2. The van der Waals surface area contributed by atoms with Gasteiger partial charge in [0, 0.05) is 0 Å². The first-order valence-electron chi connectivity index (χ1n) is 34.0. The maximum Gasteiger partial charge on any atom is 0.315 e. The van der Waals surface area contributed by atoms with Crippen LogP contribution >= 0.6 is 0 Å². The van der Waals surface area contributed by atoms with Gasteiger partial charge >= 0.3 is 5.97 Å². The third kappa shape index (κ3) is 13.0. The first-order valence-corrected chi connectivity index (χ1v) is 34.0. The highest BCUT2D eigenvalue weighted by molar-refractivity contribution is 5.79. The van der Waals surface area contributed by atoms with Crippen LogP contribution in [0.2, 0.25) is 0 Å². The van der Waals surface area contributed by atoms with E-state index in [1.165, 1.54) is 19.4 Å². The van der Waals surface area contributed by atoms with Crippen LogP contribution < -0.4 is 0 Å². The Labute approximate surface area is 551 Å². The number of aliphatic hydroxyl groups is 17. The smallest absolute Gasteiger partial charge is 0.315 e. The van der Waals surface area contributed by atoms with E-state index in [1.807, 2.05) is 0 Å². The van der Waals surface area contributed by atoms with Crippen molar-refractivity contribution in [3.05, 3.63) is 11.6 Å². The number of rotatable bonds is 15. The lowest BCUT2D eigenvalue weighted by Gasteiger charge is -2.71. The molecule has 6 heterocycles. The fourth-order valence-electron chi connectivity index (χ4n) is 18.9. The highest BCUT2D eigenvalue weighted by Crippen LogP contribution is 2.76. The summed E-state index contributed by atoms with van der Waals surface area (Å²) in [4.78, 5) is 15.3. The molecule has 6 aliphatic heterocycles. The molecule has 4 unspecified atom stereocenters. The highest BCUT2D eigenvalue weighted by atomic mass is 16.8. The molecule has 11 aliphatic rings. The lowest BCUT2D eigenvalue weighted by atomic mass is 9.33. The Morgan fingerprint density at radius 2 is 1.00 bits per heavy atom. The van der Waals surface area contributed by atoms with E-state index < -0.39 is 226 Å². The van der Waals surface area contributed by atoms with Gasteiger partial charge in [-0.2, -0.15) is 0 Å². The summed E-state index contributed by atoms with van der Waals surface area (Å²) in [5, 5.41) is 184. The number of ether oxygens (including phenoxy) is 12. The second kappa shape index (κ2) is 27.7. The number of aliphatic hydroxyl groups excluding tert-OH is 17. The summed E-state index contributed by atoms with van der Waals surface area (Å²) >= 11 is 0. The van der Waals surface area contributed by atoms with Gasteiger partial charge in [-0.15, -0.1) is 0 Å². The Kier molecular flexibility index (Phi) is 21.7. The normalized spacial score (nSPS) is 54.6. The molecule has 6 saturated heterocycles. The van der Waals surface area contributed by atoms with E-state index in [4.69, 9.17) is 56.8 Å². The average Bonchev–Trinajstić information content (AvgIpc) is 0.675. The molecule has 546 valence electrons. The van der Waals surface area contributed by atoms with Crippen LogP contribution in [0, 0.1) is 50.2 Å². The molecule has 30 nitrogen and oxygen atoms in total. The van der Waals surface area contributed by atoms with Crippen molar-refractivity contribution >= 4 is 5.97 Å². The first kappa shape index (κ1) is 74.3. The molecule has 37 atom stereocenters. The van der Waals surface area contributed by atoms with Crippen molar-refractivity contribution in [3.63, 3.8) is 0 Å². The van der Waals surface area contributed by atoms with Gasteiger partial charge < -0.3 is 144 Å². The zero-order chi connectivity index (χ0) is 69.3. The Bertz CT molecular complexity index is 2670. The van der Waals surface area contributed by atoms with E-state index in [-0.39, 0.29) is 40.6 Å². The predicted molar refractivity (Wildman–Crippen MR) is 319 cm³/mol. The van der Waals surface area contributed by atoms with E-state index in [9.17, 15) is 86.8 Å². The molecule has 0 amide bonds. The molecule has 11 rings (SSSR count). The van der Waals surface area contributed by atoms with E-state index in [0.717, 1.165) is 19.3 Å². The van der Waals surface area contributed by atoms with Gasteiger partial charge in [-0.25, -0.2) is 0 Å². The summed E-state index contributed by atoms with van der Waals surface area (Å²) in [7, 11) is 0. The lowest BCUT2D eigenvalue weighted by Crippen LogP contribution is -2.66. The van der Waals surface area contributed by atoms with Crippen LogP contribution in [-0.2, 0) is 61.6 Å². The maximum atomic E-state index is 15.3. The maximum absolute atomic E-state index is 15.3. The molecule has 95 heavy (non-hydrogen) atoms. The van der Waals surface area contributed by atoms with Crippen molar-refractivity contribution in [1.82, 2.24) is 0 Å². The SMILES string of the molecule is C[C@@H]1O[C@H](O[C@H]2[C@@H](O)[C@@H](O)[C@H](OC[C@H]3O[C@@H](OC(=O)[C@]45CCC(C)(C)CC4C4=CCC6[C@@]7(C)CC[C@H](O[C@@H]8OC[C@@H](O)[C@@H](O)[C@H]8O[C@@H]8O[C@H](CO[C@@H]9O[C@H](C)[C@@H](O)[C@@H](O)[C@H]9O)[C@@H](O)[C@@H](O)[C@H]8O)C(C)(C)C7CC[C@@]6(C)C4(C)CC5)[C@H](O)[C@H](O)[C@@H]3O)O[C@@H]2CO)[C@@H](O)[C@@H](O)[C@H]1O. The van der Waals surface area contributed by atoms with Crippen LogP contribution in [0.4, 0.5) is 0 Å². The molecular formula is C65H106O30. The van der Waals surface area contributed by atoms with E-state index in [1.54, 1.807) is 0 Å². The summed E-state index contributed by atoms with van der Waals surface area (Å²) in [6.45, 7) is 16.4. The second-order valence-corrected chi connectivity index (χ2v) is 31.5. The van der Waals surface area contributed by atoms with Gasteiger partial charge in [-0.3, -0.25) is 4.79 Å². The van der Waals surface area contributed by atoms with Gasteiger partial charge in [0.2, 0.25) is 6.29 Å². The van der Waals surface area contributed by atoms with Crippen LogP contribution in [0.15, 0.2) is 11.6 Å². The van der Waals surface area contributed by atoms with Crippen molar-refractivity contribution in [2.75, 3.05) is 26.4 Å². The van der Waals surface area contributed by atoms with Gasteiger partial charge in [0.05, 0.1) is 50.2 Å². The Hall–Kier alpha value is -1.91.